The Kier molecular flexibility index (Phi) is 20.3. The van der Waals surface area contributed by atoms with Crippen molar-refractivity contribution in [1.82, 2.24) is 0 Å². The Balaban J connectivity index is 0. The van der Waals surface area contributed by atoms with E-state index < -0.39 is 16.1 Å². The molecule has 0 heterocycles. The first-order chi connectivity index (χ1) is 13.5. The lowest BCUT2D eigenvalue weighted by molar-refractivity contribution is -0.890. The Morgan fingerprint density at radius 2 is 1.14 bits per heavy atom. The fourth-order valence-electron chi connectivity index (χ4n) is 3.17. The van der Waals surface area contributed by atoms with E-state index in [1.807, 2.05) is 0 Å². The third-order valence-corrected chi connectivity index (χ3v) is 5.76. The van der Waals surface area contributed by atoms with Gasteiger partial charge in [-0.2, -0.15) is 8.42 Å². The maximum atomic E-state index is 10.7. The molecule has 0 amide bonds. The van der Waals surface area contributed by atoms with E-state index in [0.717, 1.165) is 17.6 Å². The fourth-order valence-corrected chi connectivity index (χ4v) is 3.66. The number of quaternary nitrogens is 1. The van der Waals surface area contributed by atoms with Gasteiger partial charge in [-0.25, -0.2) is 0 Å². The number of carbonyl (C=O) groups is 1. The van der Waals surface area contributed by atoms with E-state index in [1.165, 1.54) is 77.0 Å². The molecular weight excluding hydrogens is 392 g/mol. The smallest absolute Gasteiger partial charge is 0.317 e. The molecule has 0 aromatic heterocycles. The van der Waals surface area contributed by atoms with Crippen LogP contribution in [0.15, 0.2) is 0 Å². The quantitative estimate of drug-likeness (QED) is 0.168. The normalized spacial score (nSPS) is 11.8. The van der Waals surface area contributed by atoms with E-state index in [0.29, 0.717) is 6.42 Å². The van der Waals surface area contributed by atoms with Crippen LogP contribution >= 0.6 is 0 Å². The van der Waals surface area contributed by atoms with Gasteiger partial charge >= 0.3 is 5.97 Å². The number of aliphatic carboxylic acids is 1. The number of hydrogen-bond acceptors (Lipinski definition) is 4. The highest BCUT2D eigenvalue weighted by Crippen LogP contribution is 2.13. The molecule has 29 heavy (non-hydrogen) atoms. The summed E-state index contributed by atoms with van der Waals surface area (Å²) in [6.45, 7) is 3.88. The molecule has 0 aromatic rings. The second-order valence-corrected chi connectivity index (χ2v) is 10.1. The van der Waals surface area contributed by atoms with Crippen LogP contribution in [0.4, 0.5) is 0 Å². The summed E-state index contributed by atoms with van der Waals surface area (Å²) >= 11 is 0. The molecule has 8 heteroatoms. The number of carboxylic acid groups (broad SMARTS) is 1. The van der Waals surface area contributed by atoms with E-state index in [2.05, 4.69) is 26.8 Å². The molecule has 0 atom stereocenters. The van der Waals surface area contributed by atoms with Gasteiger partial charge in [0.05, 0.1) is 39.5 Å². The van der Waals surface area contributed by atoms with Gasteiger partial charge in [-0.1, -0.05) is 71.1 Å². The van der Waals surface area contributed by atoms with Gasteiger partial charge < -0.3 is 15.3 Å². The number of hydrogen-bond donors (Lipinski definition) is 3. The van der Waals surface area contributed by atoms with Gasteiger partial charge in [0.1, 0.15) is 0 Å². The predicted molar refractivity (Wildman–Crippen MR) is 121 cm³/mol. The highest BCUT2D eigenvalue weighted by molar-refractivity contribution is 7.85. The zero-order valence-corrected chi connectivity index (χ0v) is 19.9. The molecule has 0 bridgehead atoms. The van der Waals surface area contributed by atoms with Crippen molar-refractivity contribution >= 4 is 16.1 Å². The fraction of sp³-hybridized carbons (Fsp3) is 0.952. The molecule has 0 radical (unpaired) electrons. The van der Waals surface area contributed by atoms with Crippen molar-refractivity contribution in [2.24, 2.45) is 5.73 Å². The molecule has 0 saturated carbocycles. The van der Waals surface area contributed by atoms with Crippen molar-refractivity contribution in [3.63, 3.8) is 0 Å². The molecule has 0 aromatic carbocycles. The van der Waals surface area contributed by atoms with Crippen molar-refractivity contribution in [3.8, 4) is 0 Å². The summed E-state index contributed by atoms with van der Waals surface area (Å²) in [6, 6.07) is 0. The number of carboxylic acids is 1. The first kappa shape index (κ1) is 30.5. The van der Waals surface area contributed by atoms with Crippen LogP contribution < -0.4 is 5.73 Å². The molecular formula is C21H47N2O5S+. The van der Waals surface area contributed by atoms with E-state index in [4.69, 9.17) is 9.66 Å². The van der Waals surface area contributed by atoms with Gasteiger partial charge in [-0.05, 0) is 12.8 Å². The summed E-state index contributed by atoms with van der Waals surface area (Å²) in [4.78, 5) is 9.24. The van der Waals surface area contributed by atoms with Crippen LogP contribution in [0, 0.1) is 0 Å². The molecule has 0 unspecified atom stereocenters. The minimum atomic E-state index is -3.80. The molecule has 0 fully saturated rings. The van der Waals surface area contributed by atoms with Gasteiger partial charge in [0, 0.05) is 6.42 Å². The zero-order chi connectivity index (χ0) is 22.6. The average molecular weight is 440 g/mol. The summed E-state index contributed by atoms with van der Waals surface area (Å²) in [7, 11) is 0.479. The van der Waals surface area contributed by atoms with Crippen LogP contribution in [0.25, 0.3) is 0 Å². The zero-order valence-electron chi connectivity index (χ0n) is 19.1. The van der Waals surface area contributed by atoms with Gasteiger partial charge in [0.15, 0.2) is 0 Å². The summed E-state index contributed by atoms with van der Waals surface area (Å²) in [5, 5.41) is 7.60. The van der Waals surface area contributed by atoms with Gasteiger partial charge in [0.2, 0.25) is 0 Å². The van der Waals surface area contributed by atoms with E-state index in [-0.39, 0.29) is 12.3 Å². The van der Waals surface area contributed by atoms with E-state index in [1.54, 1.807) is 0 Å². The minimum Gasteiger partial charge on any atom is -0.480 e. The van der Waals surface area contributed by atoms with Crippen molar-refractivity contribution in [1.29, 1.82) is 0 Å². The Morgan fingerprint density at radius 1 is 0.793 bits per heavy atom. The van der Waals surface area contributed by atoms with Gasteiger partial charge in [0.25, 0.3) is 10.1 Å². The van der Waals surface area contributed by atoms with Crippen LogP contribution in [0.1, 0.15) is 90.4 Å². The van der Waals surface area contributed by atoms with E-state index in [9.17, 15) is 13.2 Å². The Bertz CT molecular complexity index is 481. The molecule has 176 valence electrons. The summed E-state index contributed by atoms with van der Waals surface area (Å²) in [5.74, 6) is -1.09. The van der Waals surface area contributed by atoms with Crippen LogP contribution in [0.2, 0.25) is 0 Å². The van der Waals surface area contributed by atoms with Crippen molar-refractivity contribution in [2.75, 3.05) is 39.5 Å². The van der Waals surface area contributed by atoms with Gasteiger partial charge in [-0.3, -0.25) is 9.35 Å². The van der Waals surface area contributed by atoms with E-state index >= 15 is 0 Å². The molecule has 0 saturated heterocycles. The molecule has 0 aliphatic heterocycles. The minimum absolute atomic E-state index is 0.118. The topological polar surface area (TPSA) is 118 Å². The second kappa shape index (κ2) is 19.3. The molecule has 7 nitrogen and oxygen atoms in total. The second-order valence-electron chi connectivity index (χ2n) is 8.51. The number of unbranched alkanes of at least 4 members (excludes halogenated alkanes) is 11. The standard InChI is InChI=1S/C19H41NO3S.C2H5NO2/c1-4-5-6-7-8-9-10-11-12-13-14-15-17-20(2,3)18-16-19-24(21,22)23;3-1-2(4)5/h4-19H2,1-3H3;1,3H2,(H,4,5)/p+1. The summed E-state index contributed by atoms with van der Waals surface area (Å²) in [6.07, 6.45) is 16.8. The lowest BCUT2D eigenvalue weighted by Gasteiger charge is -2.29. The number of nitrogens with two attached hydrogens (primary N) is 1. The Morgan fingerprint density at radius 3 is 1.48 bits per heavy atom. The molecule has 0 spiro atoms. The summed E-state index contributed by atoms with van der Waals surface area (Å²) in [5.41, 5.74) is 4.57. The Hall–Kier alpha value is -0.700. The largest absolute Gasteiger partial charge is 0.480 e. The third-order valence-electron chi connectivity index (χ3n) is 4.96. The highest BCUT2D eigenvalue weighted by atomic mass is 32.2. The highest BCUT2D eigenvalue weighted by Gasteiger charge is 2.16. The first-order valence-electron chi connectivity index (χ1n) is 11.2. The maximum Gasteiger partial charge on any atom is 0.317 e. The van der Waals surface area contributed by atoms with Crippen LogP contribution in [-0.4, -0.2) is 68.0 Å². The average Bonchev–Trinajstić information content (AvgIpc) is 2.61. The number of rotatable bonds is 18. The van der Waals surface area contributed by atoms with Crippen molar-refractivity contribution in [2.45, 2.75) is 90.4 Å². The Labute approximate surface area is 179 Å². The summed E-state index contributed by atoms with van der Waals surface area (Å²) < 4.78 is 31.1. The van der Waals surface area contributed by atoms with Crippen LogP contribution in [0.5, 0.6) is 0 Å². The van der Waals surface area contributed by atoms with Crippen molar-refractivity contribution < 1.29 is 27.4 Å². The monoisotopic (exact) mass is 439 g/mol. The molecule has 4 N–H and O–H groups in total. The third kappa shape index (κ3) is 29.6. The molecule has 0 aliphatic rings. The lowest BCUT2D eigenvalue weighted by Crippen LogP contribution is -2.41. The van der Waals surface area contributed by atoms with Gasteiger partial charge in [-0.15, -0.1) is 0 Å². The molecule has 0 rings (SSSR count). The van der Waals surface area contributed by atoms with Crippen LogP contribution in [0.3, 0.4) is 0 Å². The predicted octanol–water partition coefficient (Wildman–Crippen LogP) is 4.07. The van der Waals surface area contributed by atoms with Crippen LogP contribution in [-0.2, 0) is 14.9 Å². The number of nitrogens with zero attached hydrogens (tertiary/aromatic N) is 1. The SMILES string of the molecule is CCCCCCCCCCCCCC[N+](C)(C)CCCS(=O)(=O)O.NCC(=O)O. The first-order valence-corrected chi connectivity index (χ1v) is 12.8. The van der Waals surface area contributed by atoms with Crippen molar-refractivity contribution in [3.05, 3.63) is 0 Å². The molecule has 0 aliphatic carbocycles. The maximum absolute atomic E-state index is 10.7. The lowest BCUT2D eigenvalue weighted by atomic mass is 10.1.